The Balaban J connectivity index is 1.92. The molecule has 1 atom stereocenters. The topological polar surface area (TPSA) is 33.1 Å². The molecule has 1 N–H and O–H groups in total. The van der Waals surface area contributed by atoms with Gasteiger partial charge in [0.25, 0.3) is 0 Å². The summed E-state index contributed by atoms with van der Waals surface area (Å²) < 4.78 is 0. The predicted molar refractivity (Wildman–Crippen MR) is 81.9 cm³/mol. The van der Waals surface area contributed by atoms with Gasteiger partial charge in [0.05, 0.1) is 6.10 Å². The second kappa shape index (κ2) is 5.61. The molecule has 3 heteroatoms. The number of aliphatic hydroxyl groups is 1. The van der Waals surface area contributed by atoms with Crippen LogP contribution in [0.2, 0.25) is 5.02 Å². The maximum Gasteiger partial charge on any atom is 0.0836 e. The first-order chi connectivity index (χ1) is 9.74. The molecule has 1 unspecified atom stereocenters. The first kappa shape index (κ1) is 13.1. The van der Waals surface area contributed by atoms with Crippen LogP contribution in [0.5, 0.6) is 0 Å². The third-order valence-electron chi connectivity index (χ3n) is 3.42. The van der Waals surface area contributed by atoms with Gasteiger partial charge in [-0.15, -0.1) is 0 Å². The van der Waals surface area contributed by atoms with Crippen molar-refractivity contribution < 1.29 is 5.11 Å². The summed E-state index contributed by atoms with van der Waals surface area (Å²) in [5.41, 5.74) is 1.97. The van der Waals surface area contributed by atoms with E-state index in [1.54, 1.807) is 12.4 Å². The number of benzene rings is 2. The van der Waals surface area contributed by atoms with Crippen molar-refractivity contribution in [3.63, 3.8) is 0 Å². The maximum atomic E-state index is 10.5. The van der Waals surface area contributed by atoms with Crippen LogP contribution >= 0.6 is 11.6 Å². The quantitative estimate of drug-likeness (QED) is 0.783. The Kier molecular flexibility index (Phi) is 3.68. The maximum absolute atomic E-state index is 10.5. The van der Waals surface area contributed by atoms with Gasteiger partial charge in [-0.3, -0.25) is 4.98 Å². The second-order valence-electron chi connectivity index (χ2n) is 4.79. The van der Waals surface area contributed by atoms with Crippen molar-refractivity contribution in [3.8, 4) is 0 Å². The van der Waals surface area contributed by atoms with Gasteiger partial charge in [-0.25, -0.2) is 0 Å². The Labute approximate surface area is 122 Å². The molecule has 100 valence electrons. The summed E-state index contributed by atoms with van der Waals surface area (Å²) in [4.78, 5) is 4.15. The van der Waals surface area contributed by atoms with Crippen LogP contribution in [0.4, 0.5) is 0 Å². The molecule has 20 heavy (non-hydrogen) atoms. The van der Waals surface area contributed by atoms with Crippen molar-refractivity contribution >= 4 is 22.4 Å². The molecule has 2 aromatic carbocycles. The van der Waals surface area contributed by atoms with E-state index in [0.29, 0.717) is 11.4 Å². The van der Waals surface area contributed by atoms with Crippen LogP contribution in [-0.2, 0) is 6.42 Å². The van der Waals surface area contributed by atoms with E-state index < -0.39 is 6.10 Å². The molecule has 0 aliphatic rings. The molecule has 0 aliphatic carbocycles. The molecule has 0 saturated heterocycles. The minimum absolute atomic E-state index is 0.552. The zero-order chi connectivity index (χ0) is 13.9. The van der Waals surface area contributed by atoms with Gasteiger partial charge < -0.3 is 5.11 Å². The minimum atomic E-state index is -0.552. The SMILES string of the molecule is OC(Cc1ccc(Cl)cc1)c1cccc2ccncc12. The van der Waals surface area contributed by atoms with Crippen LogP contribution in [0.15, 0.2) is 60.9 Å². The van der Waals surface area contributed by atoms with Crippen molar-refractivity contribution in [1.29, 1.82) is 0 Å². The highest BCUT2D eigenvalue weighted by Gasteiger charge is 2.12. The summed E-state index contributed by atoms with van der Waals surface area (Å²) in [5, 5.41) is 13.3. The van der Waals surface area contributed by atoms with Crippen LogP contribution in [0.1, 0.15) is 17.2 Å². The fourth-order valence-corrected chi connectivity index (χ4v) is 2.51. The van der Waals surface area contributed by atoms with E-state index in [1.807, 2.05) is 48.5 Å². The number of nitrogens with zero attached hydrogens (tertiary/aromatic N) is 1. The minimum Gasteiger partial charge on any atom is -0.388 e. The Morgan fingerprint density at radius 1 is 1.05 bits per heavy atom. The highest BCUT2D eigenvalue weighted by Crippen LogP contribution is 2.26. The molecular weight excluding hydrogens is 270 g/mol. The summed E-state index contributed by atoms with van der Waals surface area (Å²) in [7, 11) is 0. The molecule has 3 aromatic rings. The first-order valence-electron chi connectivity index (χ1n) is 6.49. The number of halogens is 1. The number of aromatic nitrogens is 1. The molecule has 0 amide bonds. The third kappa shape index (κ3) is 2.67. The molecule has 1 heterocycles. The van der Waals surface area contributed by atoms with Gasteiger partial charge in [-0.05, 0) is 34.7 Å². The molecule has 0 spiro atoms. The molecule has 0 radical (unpaired) electrons. The van der Waals surface area contributed by atoms with E-state index in [-0.39, 0.29) is 0 Å². The molecular formula is C17H14ClNO. The fourth-order valence-electron chi connectivity index (χ4n) is 2.38. The van der Waals surface area contributed by atoms with Crippen LogP contribution in [-0.4, -0.2) is 10.1 Å². The zero-order valence-corrected chi connectivity index (χ0v) is 11.6. The van der Waals surface area contributed by atoms with E-state index in [1.165, 1.54) is 0 Å². The zero-order valence-electron chi connectivity index (χ0n) is 10.8. The highest BCUT2D eigenvalue weighted by atomic mass is 35.5. The average molecular weight is 284 g/mol. The summed E-state index contributed by atoms with van der Waals surface area (Å²) >= 11 is 5.87. The number of hydrogen-bond donors (Lipinski definition) is 1. The number of hydrogen-bond acceptors (Lipinski definition) is 2. The predicted octanol–water partition coefficient (Wildman–Crippen LogP) is 4.16. The number of fused-ring (bicyclic) bond motifs is 1. The molecule has 0 aliphatic heterocycles. The lowest BCUT2D eigenvalue weighted by Gasteiger charge is -2.13. The van der Waals surface area contributed by atoms with Crippen molar-refractivity contribution in [3.05, 3.63) is 77.1 Å². The molecule has 2 nitrogen and oxygen atoms in total. The van der Waals surface area contributed by atoms with Crippen LogP contribution in [0.3, 0.4) is 0 Å². The first-order valence-corrected chi connectivity index (χ1v) is 6.87. The molecule has 1 aromatic heterocycles. The van der Waals surface area contributed by atoms with Crippen LogP contribution < -0.4 is 0 Å². The lowest BCUT2D eigenvalue weighted by atomic mass is 9.97. The summed E-state index contributed by atoms with van der Waals surface area (Å²) in [6.07, 6.45) is 3.57. The van der Waals surface area contributed by atoms with Gasteiger partial charge >= 0.3 is 0 Å². The third-order valence-corrected chi connectivity index (χ3v) is 3.67. The van der Waals surface area contributed by atoms with E-state index in [9.17, 15) is 5.11 Å². The van der Waals surface area contributed by atoms with Gasteiger partial charge in [0, 0.05) is 29.2 Å². The standard InChI is InChI=1S/C17H14ClNO/c18-14-6-4-12(5-7-14)10-17(20)15-3-1-2-13-8-9-19-11-16(13)15/h1-9,11,17,20H,10H2. The lowest BCUT2D eigenvalue weighted by Crippen LogP contribution is -2.02. The Bertz CT molecular complexity index is 719. The monoisotopic (exact) mass is 283 g/mol. The highest BCUT2D eigenvalue weighted by molar-refractivity contribution is 6.30. The number of pyridine rings is 1. The summed E-state index contributed by atoms with van der Waals surface area (Å²) in [5.74, 6) is 0. The lowest BCUT2D eigenvalue weighted by molar-refractivity contribution is 0.180. The van der Waals surface area contributed by atoms with Crippen molar-refractivity contribution in [1.82, 2.24) is 4.98 Å². The van der Waals surface area contributed by atoms with Gasteiger partial charge in [-0.1, -0.05) is 41.9 Å². The van der Waals surface area contributed by atoms with Crippen molar-refractivity contribution in [2.24, 2.45) is 0 Å². The van der Waals surface area contributed by atoms with E-state index in [4.69, 9.17) is 11.6 Å². The largest absolute Gasteiger partial charge is 0.388 e. The number of aliphatic hydroxyl groups excluding tert-OH is 1. The van der Waals surface area contributed by atoms with Gasteiger partial charge in [-0.2, -0.15) is 0 Å². The Morgan fingerprint density at radius 3 is 2.65 bits per heavy atom. The van der Waals surface area contributed by atoms with E-state index >= 15 is 0 Å². The summed E-state index contributed by atoms with van der Waals surface area (Å²) in [6.45, 7) is 0. The van der Waals surface area contributed by atoms with Crippen molar-refractivity contribution in [2.45, 2.75) is 12.5 Å². The Morgan fingerprint density at radius 2 is 1.85 bits per heavy atom. The molecule has 3 rings (SSSR count). The normalized spacial score (nSPS) is 12.5. The smallest absolute Gasteiger partial charge is 0.0836 e. The van der Waals surface area contributed by atoms with Crippen LogP contribution in [0.25, 0.3) is 10.8 Å². The van der Waals surface area contributed by atoms with Gasteiger partial charge in [0.1, 0.15) is 0 Å². The Hall–Kier alpha value is -1.90. The van der Waals surface area contributed by atoms with Gasteiger partial charge in [0.2, 0.25) is 0 Å². The van der Waals surface area contributed by atoms with E-state index in [0.717, 1.165) is 21.9 Å². The average Bonchev–Trinajstić information content (AvgIpc) is 2.49. The molecule has 0 bridgehead atoms. The molecule has 0 fully saturated rings. The number of rotatable bonds is 3. The fraction of sp³-hybridized carbons (Fsp3) is 0.118. The summed E-state index contributed by atoms with van der Waals surface area (Å²) in [6, 6.07) is 15.4. The van der Waals surface area contributed by atoms with Crippen molar-refractivity contribution in [2.75, 3.05) is 0 Å². The van der Waals surface area contributed by atoms with E-state index in [2.05, 4.69) is 4.98 Å². The second-order valence-corrected chi connectivity index (χ2v) is 5.23. The van der Waals surface area contributed by atoms with Gasteiger partial charge in [0.15, 0.2) is 0 Å². The molecule has 0 saturated carbocycles. The van der Waals surface area contributed by atoms with Crippen LogP contribution in [0, 0.1) is 0 Å².